The summed E-state index contributed by atoms with van der Waals surface area (Å²) < 4.78 is 13.2. The summed E-state index contributed by atoms with van der Waals surface area (Å²) in [4.78, 5) is 2.50. The standard InChI is InChI=1S/C24H27FN2/c1-16(2)27-23-11-6-18(13-22(23)17(3)14-24(27,4)5)12-20(15-26)19-7-9-21(25)10-8-19/h6-13,16-17H,14H2,1-5H3/b20-12-. The number of benzene rings is 2. The molecule has 0 bridgehead atoms. The van der Waals surface area contributed by atoms with Gasteiger partial charge in [0.05, 0.1) is 11.6 Å². The van der Waals surface area contributed by atoms with Crippen LogP contribution in [0, 0.1) is 17.1 Å². The zero-order chi connectivity index (χ0) is 19.8. The molecule has 140 valence electrons. The minimum atomic E-state index is -0.296. The van der Waals surface area contributed by atoms with Crippen LogP contribution in [0.5, 0.6) is 0 Å². The van der Waals surface area contributed by atoms with Crippen LogP contribution in [-0.2, 0) is 0 Å². The van der Waals surface area contributed by atoms with Crippen molar-refractivity contribution in [2.45, 2.75) is 58.5 Å². The lowest BCUT2D eigenvalue weighted by molar-refractivity contribution is 0.356. The van der Waals surface area contributed by atoms with Crippen molar-refractivity contribution in [3.63, 3.8) is 0 Å². The van der Waals surface area contributed by atoms with Gasteiger partial charge < -0.3 is 4.90 Å². The van der Waals surface area contributed by atoms with Crippen LogP contribution in [0.4, 0.5) is 10.1 Å². The van der Waals surface area contributed by atoms with Crippen LogP contribution in [-0.4, -0.2) is 11.6 Å². The van der Waals surface area contributed by atoms with Crippen molar-refractivity contribution in [1.82, 2.24) is 0 Å². The van der Waals surface area contributed by atoms with E-state index < -0.39 is 0 Å². The second-order valence-corrected chi connectivity index (χ2v) is 8.38. The van der Waals surface area contributed by atoms with Gasteiger partial charge in [0.2, 0.25) is 0 Å². The van der Waals surface area contributed by atoms with Crippen molar-refractivity contribution < 1.29 is 4.39 Å². The molecule has 3 rings (SSSR count). The Hall–Kier alpha value is -2.60. The Morgan fingerprint density at radius 2 is 1.89 bits per heavy atom. The zero-order valence-electron chi connectivity index (χ0n) is 16.8. The van der Waals surface area contributed by atoms with Crippen LogP contribution in [0.2, 0.25) is 0 Å². The minimum absolute atomic E-state index is 0.115. The predicted octanol–water partition coefficient (Wildman–Crippen LogP) is 6.39. The normalized spacial score (nSPS) is 19.0. The average Bonchev–Trinajstić information content (AvgIpc) is 2.60. The van der Waals surface area contributed by atoms with Gasteiger partial charge in [-0.15, -0.1) is 0 Å². The van der Waals surface area contributed by atoms with Gasteiger partial charge in [-0.1, -0.05) is 25.1 Å². The van der Waals surface area contributed by atoms with Crippen LogP contribution >= 0.6 is 0 Å². The summed E-state index contributed by atoms with van der Waals surface area (Å²) in [5.41, 5.74) is 5.00. The molecule has 0 fully saturated rings. The van der Waals surface area contributed by atoms with E-state index in [1.54, 1.807) is 12.1 Å². The molecule has 0 aromatic heterocycles. The van der Waals surface area contributed by atoms with Crippen LogP contribution in [0.1, 0.15) is 63.6 Å². The highest BCUT2D eigenvalue weighted by Crippen LogP contribution is 2.44. The Bertz CT molecular complexity index is 901. The Kier molecular flexibility index (Phi) is 5.11. The smallest absolute Gasteiger partial charge is 0.123 e. The van der Waals surface area contributed by atoms with E-state index in [2.05, 4.69) is 63.8 Å². The van der Waals surface area contributed by atoms with Gasteiger partial charge in [-0.25, -0.2) is 4.39 Å². The lowest BCUT2D eigenvalue weighted by Crippen LogP contribution is -2.51. The number of nitriles is 1. The molecule has 0 amide bonds. The Morgan fingerprint density at radius 1 is 1.22 bits per heavy atom. The third-order valence-corrected chi connectivity index (χ3v) is 5.40. The van der Waals surface area contributed by atoms with E-state index in [0.717, 1.165) is 17.5 Å². The van der Waals surface area contributed by atoms with Crippen LogP contribution in [0.3, 0.4) is 0 Å². The molecule has 1 aliphatic heterocycles. The minimum Gasteiger partial charge on any atom is -0.364 e. The first kappa shape index (κ1) is 19.2. The molecule has 0 saturated heterocycles. The summed E-state index contributed by atoms with van der Waals surface area (Å²) in [7, 11) is 0. The van der Waals surface area contributed by atoms with Crippen molar-refractivity contribution in [1.29, 1.82) is 5.26 Å². The van der Waals surface area contributed by atoms with Gasteiger partial charge >= 0.3 is 0 Å². The maximum atomic E-state index is 13.2. The average molecular weight is 362 g/mol. The maximum Gasteiger partial charge on any atom is 0.123 e. The summed E-state index contributed by atoms with van der Waals surface area (Å²) in [6.45, 7) is 11.4. The van der Waals surface area contributed by atoms with Crippen molar-refractivity contribution in [2.24, 2.45) is 0 Å². The Morgan fingerprint density at radius 3 is 2.48 bits per heavy atom. The van der Waals surface area contributed by atoms with E-state index in [1.807, 2.05) is 6.08 Å². The zero-order valence-corrected chi connectivity index (χ0v) is 16.8. The molecule has 1 atom stereocenters. The SMILES string of the molecule is CC1CC(C)(C)N(C(C)C)c2ccc(/C=C(/C#N)c3ccc(F)cc3)cc21. The summed E-state index contributed by atoms with van der Waals surface area (Å²) in [6, 6.07) is 15.2. The highest BCUT2D eigenvalue weighted by molar-refractivity contribution is 5.90. The fraction of sp³-hybridized carbons (Fsp3) is 0.375. The number of allylic oxidation sites excluding steroid dienone is 1. The number of hydrogen-bond donors (Lipinski definition) is 0. The van der Waals surface area contributed by atoms with Gasteiger partial charge in [0, 0.05) is 17.3 Å². The quantitative estimate of drug-likeness (QED) is 0.467. The molecule has 2 aromatic carbocycles. The molecule has 0 saturated carbocycles. The largest absolute Gasteiger partial charge is 0.364 e. The highest BCUT2D eigenvalue weighted by atomic mass is 19.1. The molecule has 0 aliphatic carbocycles. The van der Waals surface area contributed by atoms with Gasteiger partial charge in [-0.05, 0) is 87.1 Å². The monoisotopic (exact) mass is 362 g/mol. The first-order valence-electron chi connectivity index (χ1n) is 9.54. The van der Waals surface area contributed by atoms with E-state index >= 15 is 0 Å². The molecular weight excluding hydrogens is 335 g/mol. The van der Waals surface area contributed by atoms with Gasteiger partial charge in [0.15, 0.2) is 0 Å². The molecule has 1 unspecified atom stereocenters. The molecule has 0 N–H and O–H groups in total. The van der Waals surface area contributed by atoms with Crippen molar-refractivity contribution in [2.75, 3.05) is 4.90 Å². The maximum absolute atomic E-state index is 13.2. The van der Waals surface area contributed by atoms with Crippen molar-refractivity contribution in [3.05, 3.63) is 65.0 Å². The van der Waals surface area contributed by atoms with E-state index in [-0.39, 0.29) is 11.4 Å². The number of anilines is 1. The molecule has 27 heavy (non-hydrogen) atoms. The predicted molar refractivity (Wildman–Crippen MR) is 111 cm³/mol. The van der Waals surface area contributed by atoms with Gasteiger partial charge in [0.1, 0.15) is 5.82 Å². The topological polar surface area (TPSA) is 27.0 Å². The third kappa shape index (κ3) is 3.76. The number of fused-ring (bicyclic) bond motifs is 1. The fourth-order valence-electron chi connectivity index (χ4n) is 4.51. The third-order valence-electron chi connectivity index (χ3n) is 5.40. The van der Waals surface area contributed by atoms with E-state index in [9.17, 15) is 9.65 Å². The lowest BCUT2D eigenvalue weighted by Gasteiger charge is -2.50. The van der Waals surface area contributed by atoms with E-state index in [4.69, 9.17) is 0 Å². The number of nitrogens with zero attached hydrogens (tertiary/aromatic N) is 2. The van der Waals surface area contributed by atoms with Gasteiger partial charge in [-0.2, -0.15) is 5.26 Å². The highest BCUT2D eigenvalue weighted by Gasteiger charge is 2.37. The molecule has 0 spiro atoms. The van der Waals surface area contributed by atoms with Crippen LogP contribution in [0.25, 0.3) is 11.6 Å². The summed E-state index contributed by atoms with van der Waals surface area (Å²) in [5.74, 6) is 0.157. The number of halogens is 1. The van der Waals surface area contributed by atoms with Crippen LogP contribution in [0.15, 0.2) is 42.5 Å². The Labute approximate surface area is 161 Å². The first-order valence-corrected chi connectivity index (χ1v) is 9.54. The Balaban J connectivity index is 2.04. The summed E-state index contributed by atoms with van der Waals surface area (Å²) in [6.07, 6.45) is 2.98. The number of rotatable bonds is 3. The fourth-order valence-corrected chi connectivity index (χ4v) is 4.51. The van der Waals surface area contributed by atoms with Crippen molar-refractivity contribution >= 4 is 17.3 Å². The summed E-state index contributed by atoms with van der Waals surface area (Å²) >= 11 is 0. The van der Waals surface area contributed by atoms with Gasteiger partial charge in [0.25, 0.3) is 0 Å². The van der Waals surface area contributed by atoms with Crippen LogP contribution < -0.4 is 4.90 Å². The molecule has 3 heteroatoms. The first-order chi connectivity index (χ1) is 12.7. The van der Waals surface area contributed by atoms with E-state index in [1.165, 1.54) is 23.4 Å². The molecule has 2 aromatic rings. The second kappa shape index (κ2) is 7.19. The van der Waals surface area contributed by atoms with E-state index in [0.29, 0.717) is 17.5 Å². The molecule has 0 radical (unpaired) electrons. The molecule has 1 heterocycles. The van der Waals surface area contributed by atoms with Crippen molar-refractivity contribution in [3.8, 4) is 6.07 Å². The molecular formula is C24H27FN2. The molecule has 2 nitrogen and oxygen atoms in total. The lowest BCUT2D eigenvalue weighted by atomic mass is 9.78. The summed E-state index contributed by atoms with van der Waals surface area (Å²) in [5, 5.41) is 9.56. The number of hydrogen-bond acceptors (Lipinski definition) is 2. The molecule has 1 aliphatic rings. The van der Waals surface area contributed by atoms with Gasteiger partial charge in [-0.3, -0.25) is 0 Å². The second-order valence-electron chi connectivity index (χ2n) is 8.38.